The molecule has 0 N–H and O–H groups in total. The number of fused-ring (bicyclic) bond motifs is 3. The number of ether oxygens (including phenoxy) is 1. The second kappa shape index (κ2) is 11.8. The SMILES string of the molecule is CC(C)(C)c1ccnc(-n2c3[c-]c(Oc4[c-]c(-n5cccn5)cc(C(C)(C)c5ccccc5)c4)ccc3c3ccccc32)c1.[Pt+2]. The number of rotatable bonds is 6. The van der Waals surface area contributed by atoms with Gasteiger partial charge in [0, 0.05) is 35.6 Å². The van der Waals surface area contributed by atoms with E-state index in [0.29, 0.717) is 11.5 Å². The van der Waals surface area contributed by atoms with Crippen LogP contribution in [0.5, 0.6) is 11.5 Å². The fourth-order valence-electron chi connectivity index (χ4n) is 5.80. The van der Waals surface area contributed by atoms with Crippen molar-refractivity contribution in [2.75, 3.05) is 0 Å². The number of benzene rings is 4. The Kier molecular flexibility index (Phi) is 8.01. The molecular weight excluding hydrogens is 736 g/mol. The van der Waals surface area contributed by atoms with Crippen molar-refractivity contribution >= 4 is 21.8 Å². The van der Waals surface area contributed by atoms with Crippen LogP contribution >= 0.6 is 0 Å². The minimum Gasteiger partial charge on any atom is -0.509 e. The summed E-state index contributed by atoms with van der Waals surface area (Å²) in [5.74, 6) is 2.06. The second-order valence-electron chi connectivity index (χ2n) is 12.8. The Bertz CT molecular complexity index is 2110. The van der Waals surface area contributed by atoms with Crippen molar-refractivity contribution in [3.8, 4) is 23.0 Å². The van der Waals surface area contributed by atoms with Crippen LogP contribution in [0, 0.1) is 12.1 Å². The third-order valence-corrected chi connectivity index (χ3v) is 8.42. The predicted octanol–water partition coefficient (Wildman–Crippen LogP) is 9.38. The van der Waals surface area contributed by atoms with E-state index in [1.165, 1.54) is 11.1 Å². The summed E-state index contributed by atoms with van der Waals surface area (Å²) >= 11 is 0. The van der Waals surface area contributed by atoms with Gasteiger partial charge in [0.05, 0.1) is 0 Å². The molecule has 0 aliphatic rings. The Morgan fingerprint density at radius 1 is 0.667 bits per heavy atom. The van der Waals surface area contributed by atoms with Gasteiger partial charge in [-0.2, -0.15) is 11.2 Å². The van der Waals surface area contributed by atoms with E-state index >= 15 is 0 Å². The Labute approximate surface area is 278 Å². The standard InChI is InChI=1S/C39H34N4O.Pt/c1-38(2,3)28-18-20-40-37(24-28)43-35-15-10-9-14-33(35)34-17-16-31(26-36(34)43)44-32-23-29(22-30(25-32)42-21-11-19-41-42)39(4,5)27-12-7-6-8-13-27;/h6-24H,1-5H3;/q-2;+2. The number of aromatic nitrogens is 4. The second-order valence-corrected chi connectivity index (χ2v) is 12.8. The van der Waals surface area contributed by atoms with Crippen molar-refractivity contribution in [3.05, 3.63) is 144 Å². The first-order valence-electron chi connectivity index (χ1n) is 14.9. The average molecular weight is 770 g/mol. The molecule has 226 valence electrons. The summed E-state index contributed by atoms with van der Waals surface area (Å²) in [6, 6.07) is 40.4. The summed E-state index contributed by atoms with van der Waals surface area (Å²) in [6.45, 7) is 11.1. The van der Waals surface area contributed by atoms with E-state index in [0.717, 1.165) is 38.9 Å². The topological polar surface area (TPSA) is 44.9 Å². The van der Waals surface area contributed by atoms with E-state index < -0.39 is 0 Å². The van der Waals surface area contributed by atoms with Crippen molar-refractivity contribution < 1.29 is 25.8 Å². The number of nitrogens with zero attached hydrogens (tertiary/aromatic N) is 4. The number of hydrogen-bond acceptors (Lipinski definition) is 3. The Balaban J connectivity index is 0.00000357. The Morgan fingerprint density at radius 3 is 2.20 bits per heavy atom. The molecule has 0 saturated carbocycles. The van der Waals surface area contributed by atoms with E-state index in [-0.39, 0.29) is 31.9 Å². The van der Waals surface area contributed by atoms with Crippen molar-refractivity contribution in [2.24, 2.45) is 0 Å². The molecule has 3 aromatic heterocycles. The Morgan fingerprint density at radius 2 is 1.44 bits per heavy atom. The first kappa shape index (κ1) is 30.6. The predicted molar refractivity (Wildman–Crippen MR) is 177 cm³/mol. The first-order valence-corrected chi connectivity index (χ1v) is 14.9. The van der Waals surface area contributed by atoms with Gasteiger partial charge in [0.2, 0.25) is 0 Å². The number of para-hydroxylation sites is 1. The molecule has 7 rings (SSSR count). The summed E-state index contributed by atoms with van der Waals surface area (Å²) in [4.78, 5) is 4.80. The van der Waals surface area contributed by atoms with Crippen LogP contribution in [0.3, 0.4) is 0 Å². The van der Waals surface area contributed by atoms with Crippen LogP contribution in [0.1, 0.15) is 51.3 Å². The van der Waals surface area contributed by atoms with Crippen LogP contribution in [0.4, 0.5) is 0 Å². The van der Waals surface area contributed by atoms with E-state index in [9.17, 15) is 0 Å². The molecule has 0 atom stereocenters. The molecule has 6 heteroatoms. The summed E-state index contributed by atoms with van der Waals surface area (Å²) in [5, 5.41) is 6.72. The molecule has 0 bridgehead atoms. The molecule has 5 nitrogen and oxygen atoms in total. The van der Waals surface area contributed by atoms with Gasteiger partial charge in [0.1, 0.15) is 5.82 Å². The maximum absolute atomic E-state index is 6.58. The maximum Gasteiger partial charge on any atom is 2.00 e. The zero-order chi connectivity index (χ0) is 30.5. The van der Waals surface area contributed by atoms with E-state index in [1.807, 2.05) is 35.3 Å². The van der Waals surface area contributed by atoms with Crippen LogP contribution in [0.15, 0.2) is 116 Å². The molecule has 7 aromatic rings. The van der Waals surface area contributed by atoms with E-state index in [2.05, 4.69) is 135 Å². The smallest absolute Gasteiger partial charge is 0.509 e. The number of pyridine rings is 1. The van der Waals surface area contributed by atoms with Gasteiger partial charge < -0.3 is 9.30 Å². The van der Waals surface area contributed by atoms with Gasteiger partial charge in [0.25, 0.3) is 0 Å². The molecule has 0 fully saturated rings. The molecule has 0 aliphatic heterocycles. The molecule has 0 unspecified atom stereocenters. The molecule has 0 spiro atoms. The molecule has 45 heavy (non-hydrogen) atoms. The summed E-state index contributed by atoms with van der Waals surface area (Å²) < 4.78 is 10.6. The van der Waals surface area contributed by atoms with Crippen LogP contribution in [0.25, 0.3) is 33.3 Å². The van der Waals surface area contributed by atoms with Crippen molar-refractivity contribution in [1.82, 2.24) is 19.3 Å². The fourth-order valence-corrected chi connectivity index (χ4v) is 5.80. The maximum atomic E-state index is 6.58. The third-order valence-electron chi connectivity index (χ3n) is 8.42. The fraction of sp³-hybridized carbons (Fsp3) is 0.179. The Hall–Kier alpha value is -4.47. The van der Waals surface area contributed by atoms with Gasteiger partial charge in [-0.1, -0.05) is 88.7 Å². The average Bonchev–Trinajstić information content (AvgIpc) is 3.68. The van der Waals surface area contributed by atoms with Gasteiger partial charge in [0.15, 0.2) is 0 Å². The quantitative estimate of drug-likeness (QED) is 0.159. The van der Waals surface area contributed by atoms with Gasteiger partial charge in [-0.3, -0.25) is 4.68 Å². The molecule has 0 radical (unpaired) electrons. The van der Waals surface area contributed by atoms with Crippen LogP contribution in [-0.2, 0) is 31.9 Å². The summed E-state index contributed by atoms with van der Waals surface area (Å²) in [6.07, 6.45) is 5.58. The van der Waals surface area contributed by atoms with Gasteiger partial charge in [-0.15, -0.1) is 41.3 Å². The minimum atomic E-state index is -0.278. The van der Waals surface area contributed by atoms with Gasteiger partial charge >= 0.3 is 21.1 Å². The van der Waals surface area contributed by atoms with Gasteiger partial charge in [-0.25, -0.2) is 4.98 Å². The summed E-state index contributed by atoms with van der Waals surface area (Å²) in [5.41, 5.74) is 6.05. The van der Waals surface area contributed by atoms with E-state index in [4.69, 9.17) is 9.72 Å². The monoisotopic (exact) mass is 769 g/mol. The molecule has 4 aromatic carbocycles. The summed E-state index contributed by atoms with van der Waals surface area (Å²) in [7, 11) is 0. The van der Waals surface area contributed by atoms with Crippen LogP contribution in [0.2, 0.25) is 0 Å². The van der Waals surface area contributed by atoms with E-state index in [1.54, 1.807) is 6.20 Å². The number of hydrogen-bond donors (Lipinski definition) is 0. The normalized spacial score (nSPS) is 11.9. The van der Waals surface area contributed by atoms with Crippen molar-refractivity contribution in [3.63, 3.8) is 0 Å². The largest absolute Gasteiger partial charge is 2.00 e. The zero-order valence-electron chi connectivity index (χ0n) is 26.0. The van der Waals surface area contributed by atoms with Crippen LogP contribution < -0.4 is 4.74 Å². The molecular formula is C39H34N4OPt. The third kappa shape index (κ3) is 5.73. The van der Waals surface area contributed by atoms with Crippen molar-refractivity contribution in [1.29, 1.82) is 0 Å². The van der Waals surface area contributed by atoms with Crippen molar-refractivity contribution in [2.45, 2.75) is 45.4 Å². The minimum absolute atomic E-state index is 0. The molecule has 0 saturated heterocycles. The zero-order valence-corrected chi connectivity index (χ0v) is 28.3. The van der Waals surface area contributed by atoms with Crippen LogP contribution in [-0.4, -0.2) is 19.3 Å². The first-order chi connectivity index (χ1) is 21.2. The molecule has 0 aliphatic carbocycles. The molecule has 3 heterocycles. The van der Waals surface area contributed by atoms with Gasteiger partial charge in [-0.05, 0) is 57.3 Å². The molecule has 0 amide bonds.